The Labute approximate surface area is 119 Å². The molecule has 0 spiro atoms. The lowest BCUT2D eigenvalue weighted by Crippen LogP contribution is -2.51. The van der Waals surface area contributed by atoms with Gasteiger partial charge >= 0.3 is 0 Å². The molecule has 0 amide bonds. The molecule has 1 saturated heterocycles. The van der Waals surface area contributed by atoms with Crippen LogP contribution in [-0.4, -0.2) is 42.7 Å². The van der Waals surface area contributed by atoms with Crippen molar-refractivity contribution in [3.05, 3.63) is 30.1 Å². The van der Waals surface area contributed by atoms with Crippen LogP contribution in [0.2, 0.25) is 0 Å². The molecule has 0 aromatic heterocycles. The van der Waals surface area contributed by atoms with E-state index in [9.17, 15) is 4.39 Å². The summed E-state index contributed by atoms with van der Waals surface area (Å²) in [5.74, 6) is -0.188. The molecule has 5 heteroatoms. The van der Waals surface area contributed by atoms with Gasteiger partial charge in [0.05, 0.1) is 0 Å². The van der Waals surface area contributed by atoms with Gasteiger partial charge in [-0.25, -0.2) is 4.39 Å². The molecule has 1 fully saturated rings. The lowest BCUT2D eigenvalue weighted by molar-refractivity contribution is 0.380. The van der Waals surface area contributed by atoms with E-state index in [1.165, 1.54) is 12.1 Å². The zero-order chi connectivity index (χ0) is 13.7. The van der Waals surface area contributed by atoms with Gasteiger partial charge in [0, 0.05) is 38.4 Å². The third-order valence-corrected chi connectivity index (χ3v) is 3.69. The van der Waals surface area contributed by atoms with Crippen LogP contribution in [-0.2, 0) is 0 Å². The molecular weight excluding hydrogens is 261 g/mol. The molecule has 1 aliphatic heterocycles. The predicted molar refractivity (Wildman–Crippen MR) is 81.1 cm³/mol. The first kappa shape index (κ1) is 14.1. The van der Waals surface area contributed by atoms with Crippen molar-refractivity contribution in [2.75, 3.05) is 37.6 Å². The van der Waals surface area contributed by atoms with Crippen LogP contribution in [0.1, 0.15) is 13.3 Å². The minimum absolute atomic E-state index is 0.188. The van der Waals surface area contributed by atoms with Gasteiger partial charge in [-0.05, 0) is 42.9 Å². The summed E-state index contributed by atoms with van der Waals surface area (Å²) in [6, 6.07) is 6.68. The van der Waals surface area contributed by atoms with E-state index in [1.54, 1.807) is 0 Å². The lowest BCUT2D eigenvalue weighted by Gasteiger charge is -2.37. The number of nitrogens with zero attached hydrogens (tertiary/aromatic N) is 2. The zero-order valence-corrected chi connectivity index (χ0v) is 12.0. The van der Waals surface area contributed by atoms with E-state index >= 15 is 0 Å². The molecule has 0 aliphatic carbocycles. The van der Waals surface area contributed by atoms with Crippen molar-refractivity contribution in [2.24, 2.45) is 0 Å². The number of anilines is 1. The summed E-state index contributed by atoms with van der Waals surface area (Å²) in [6.45, 7) is 6.71. The molecule has 1 aromatic carbocycles. The highest BCUT2D eigenvalue weighted by Crippen LogP contribution is 2.16. The maximum atomic E-state index is 12.9. The standard InChI is InChI=1S/C14H20FN3S/c1-2-7-16-14(19)18-10-8-17(9-11-18)13-5-3-12(15)4-6-13/h3-6H,2,7-11H2,1H3,(H,16,19). The molecule has 104 valence electrons. The topological polar surface area (TPSA) is 18.5 Å². The van der Waals surface area contributed by atoms with E-state index in [0.717, 1.165) is 49.9 Å². The van der Waals surface area contributed by atoms with Crippen LogP contribution >= 0.6 is 12.2 Å². The third kappa shape index (κ3) is 3.80. The first-order valence-electron chi connectivity index (χ1n) is 6.74. The minimum Gasteiger partial charge on any atom is -0.368 e. The zero-order valence-electron chi connectivity index (χ0n) is 11.2. The van der Waals surface area contributed by atoms with Crippen LogP contribution in [0, 0.1) is 5.82 Å². The molecule has 1 aromatic rings. The largest absolute Gasteiger partial charge is 0.368 e. The van der Waals surface area contributed by atoms with E-state index in [4.69, 9.17) is 12.2 Å². The van der Waals surface area contributed by atoms with Crippen molar-refractivity contribution in [2.45, 2.75) is 13.3 Å². The Bertz CT molecular complexity index is 413. The fourth-order valence-electron chi connectivity index (χ4n) is 2.16. The maximum Gasteiger partial charge on any atom is 0.169 e. The predicted octanol–water partition coefficient (Wildman–Crippen LogP) is 2.23. The van der Waals surface area contributed by atoms with Gasteiger partial charge in [0.2, 0.25) is 0 Å². The smallest absolute Gasteiger partial charge is 0.169 e. The number of hydrogen-bond acceptors (Lipinski definition) is 2. The summed E-state index contributed by atoms with van der Waals surface area (Å²) in [7, 11) is 0. The molecule has 1 aliphatic rings. The van der Waals surface area contributed by atoms with E-state index in [2.05, 4.69) is 22.0 Å². The number of hydrogen-bond donors (Lipinski definition) is 1. The lowest BCUT2D eigenvalue weighted by atomic mass is 10.2. The summed E-state index contributed by atoms with van der Waals surface area (Å²) in [5, 5.41) is 4.10. The van der Waals surface area contributed by atoms with Gasteiger partial charge in [-0.2, -0.15) is 0 Å². The fraction of sp³-hybridized carbons (Fsp3) is 0.500. The Morgan fingerprint density at radius 3 is 2.42 bits per heavy atom. The fourth-order valence-corrected chi connectivity index (χ4v) is 2.45. The molecule has 0 saturated carbocycles. The van der Waals surface area contributed by atoms with E-state index in [-0.39, 0.29) is 5.82 Å². The molecule has 1 heterocycles. The Balaban J connectivity index is 1.85. The number of rotatable bonds is 3. The van der Waals surface area contributed by atoms with Gasteiger partial charge in [0.1, 0.15) is 5.82 Å². The number of halogens is 1. The Hall–Kier alpha value is -1.36. The quantitative estimate of drug-likeness (QED) is 0.856. The number of piperazine rings is 1. The van der Waals surface area contributed by atoms with Crippen molar-refractivity contribution in [1.82, 2.24) is 10.2 Å². The molecule has 0 unspecified atom stereocenters. The molecule has 0 bridgehead atoms. The summed E-state index contributed by atoms with van der Waals surface area (Å²) < 4.78 is 12.9. The normalized spacial score (nSPS) is 15.5. The van der Waals surface area contributed by atoms with Gasteiger partial charge in [-0.1, -0.05) is 6.92 Å². The first-order chi connectivity index (χ1) is 9.20. The monoisotopic (exact) mass is 281 g/mol. The van der Waals surface area contributed by atoms with E-state index in [0.29, 0.717) is 0 Å². The van der Waals surface area contributed by atoms with Crippen LogP contribution in [0.15, 0.2) is 24.3 Å². The van der Waals surface area contributed by atoms with Crippen LogP contribution in [0.3, 0.4) is 0 Å². The minimum atomic E-state index is -0.188. The highest BCUT2D eigenvalue weighted by atomic mass is 32.1. The summed E-state index contributed by atoms with van der Waals surface area (Å²) in [6.07, 6.45) is 1.08. The molecule has 0 radical (unpaired) electrons. The van der Waals surface area contributed by atoms with E-state index < -0.39 is 0 Å². The highest BCUT2D eigenvalue weighted by Gasteiger charge is 2.18. The van der Waals surface area contributed by atoms with Crippen molar-refractivity contribution in [3.63, 3.8) is 0 Å². The van der Waals surface area contributed by atoms with Gasteiger partial charge in [0.25, 0.3) is 0 Å². The Morgan fingerprint density at radius 1 is 1.21 bits per heavy atom. The van der Waals surface area contributed by atoms with Crippen molar-refractivity contribution >= 4 is 23.0 Å². The van der Waals surface area contributed by atoms with Crippen LogP contribution < -0.4 is 10.2 Å². The average molecular weight is 281 g/mol. The second-order valence-corrected chi connectivity index (χ2v) is 5.07. The number of benzene rings is 1. The summed E-state index contributed by atoms with van der Waals surface area (Å²) in [4.78, 5) is 4.46. The summed E-state index contributed by atoms with van der Waals surface area (Å²) in [5.41, 5.74) is 1.08. The van der Waals surface area contributed by atoms with Crippen LogP contribution in [0.4, 0.5) is 10.1 Å². The van der Waals surface area contributed by atoms with E-state index in [1.807, 2.05) is 12.1 Å². The van der Waals surface area contributed by atoms with Crippen LogP contribution in [0.5, 0.6) is 0 Å². The van der Waals surface area contributed by atoms with Gasteiger partial charge in [-0.15, -0.1) is 0 Å². The van der Waals surface area contributed by atoms with Crippen molar-refractivity contribution in [3.8, 4) is 0 Å². The van der Waals surface area contributed by atoms with Gasteiger partial charge in [-0.3, -0.25) is 0 Å². The molecule has 0 atom stereocenters. The first-order valence-corrected chi connectivity index (χ1v) is 7.15. The Morgan fingerprint density at radius 2 is 1.84 bits per heavy atom. The highest BCUT2D eigenvalue weighted by molar-refractivity contribution is 7.80. The Kier molecular flexibility index (Phi) is 4.96. The van der Waals surface area contributed by atoms with Gasteiger partial charge in [0.15, 0.2) is 5.11 Å². The molecule has 19 heavy (non-hydrogen) atoms. The number of thiocarbonyl (C=S) groups is 1. The second kappa shape index (κ2) is 6.70. The average Bonchev–Trinajstić information content (AvgIpc) is 2.46. The molecule has 1 N–H and O–H groups in total. The second-order valence-electron chi connectivity index (χ2n) is 4.68. The van der Waals surface area contributed by atoms with Crippen LogP contribution in [0.25, 0.3) is 0 Å². The van der Waals surface area contributed by atoms with Gasteiger partial charge < -0.3 is 15.1 Å². The summed E-state index contributed by atoms with van der Waals surface area (Å²) >= 11 is 5.36. The molecular formula is C14H20FN3S. The molecule has 2 rings (SSSR count). The maximum absolute atomic E-state index is 12.9. The molecule has 3 nitrogen and oxygen atoms in total. The SMILES string of the molecule is CCCNC(=S)N1CCN(c2ccc(F)cc2)CC1. The van der Waals surface area contributed by atoms with Crippen molar-refractivity contribution < 1.29 is 4.39 Å². The van der Waals surface area contributed by atoms with Crippen molar-refractivity contribution in [1.29, 1.82) is 0 Å². The number of nitrogens with one attached hydrogen (secondary N) is 1. The third-order valence-electron chi connectivity index (χ3n) is 3.28.